The molecule has 0 radical (unpaired) electrons. The van der Waals surface area contributed by atoms with Crippen molar-refractivity contribution in [3.05, 3.63) is 62.7 Å². The summed E-state index contributed by atoms with van der Waals surface area (Å²) in [6.45, 7) is 1.71. The van der Waals surface area contributed by atoms with Gasteiger partial charge in [0.1, 0.15) is 11.6 Å². The van der Waals surface area contributed by atoms with Crippen molar-refractivity contribution in [3.63, 3.8) is 0 Å². The molecule has 108 valence electrons. The molecule has 2 aromatic carbocycles. The van der Waals surface area contributed by atoms with Crippen molar-refractivity contribution in [1.82, 2.24) is 0 Å². The lowest BCUT2D eigenvalue weighted by molar-refractivity contribution is -0.385. The van der Waals surface area contributed by atoms with E-state index in [9.17, 15) is 10.1 Å². The number of nitrogens with two attached hydrogens (primary N) is 1. The van der Waals surface area contributed by atoms with Gasteiger partial charge < -0.3 is 10.5 Å². The molecule has 0 aliphatic rings. The zero-order valence-electron chi connectivity index (χ0n) is 11.1. The number of halogens is 1. The first-order valence-corrected chi connectivity index (χ1v) is 6.33. The Morgan fingerprint density at radius 2 is 2.10 bits per heavy atom. The average Bonchev–Trinajstić information content (AvgIpc) is 2.42. The molecule has 2 rings (SSSR count). The maximum absolute atomic E-state index is 11.0. The lowest BCUT2D eigenvalue weighted by Crippen LogP contribution is -2.10. The molecule has 2 aromatic rings. The average molecular weight is 306 g/mol. The number of para-hydroxylation sites is 1. The van der Waals surface area contributed by atoms with Crippen LogP contribution in [0.15, 0.2) is 36.4 Å². The molecule has 0 spiro atoms. The van der Waals surface area contributed by atoms with Gasteiger partial charge in [-0.15, -0.1) is 0 Å². The van der Waals surface area contributed by atoms with E-state index in [1.807, 2.05) is 0 Å². The molecule has 0 bridgehead atoms. The number of nitrogens with one attached hydrogen (secondary N) is 1. The van der Waals surface area contributed by atoms with Crippen LogP contribution >= 0.6 is 11.6 Å². The fourth-order valence-electron chi connectivity index (χ4n) is 1.77. The zero-order valence-corrected chi connectivity index (χ0v) is 11.8. The predicted octanol–water partition coefficient (Wildman–Crippen LogP) is 3.63. The summed E-state index contributed by atoms with van der Waals surface area (Å²) in [6.07, 6.45) is 0. The molecule has 0 aromatic heterocycles. The molecule has 0 unspecified atom stereocenters. The number of aryl methyl sites for hydroxylation is 1. The van der Waals surface area contributed by atoms with Crippen LogP contribution in [0.2, 0.25) is 5.02 Å². The highest BCUT2D eigenvalue weighted by molar-refractivity contribution is 6.32. The van der Waals surface area contributed by atoms with Gasteiger partial charge in [-0.3, -0.25) is 15.5 Å². The first kappa shape index (κ1) is 14.8. The van der Waals surface area contributed by atoms with E-state index >= 15 is 0 Å². The second kappa shape index (κ2) is 5.80. The number of amidine groups is 1. The Hall–Kier alpha value is -2.60. The number of rotatable bonds is 4. The Labute approximate surface area is 125 Å². The van der Waals surface area contributed by atoms with E-state index in [0.29, 0.717) is 11.1 Å². The number of nitrogen functional groups attached to an aromatic ring is 1. The standard InChI is InChI=1S/C14H12ClN3O3/c1-8-3-2-4-11(18(19)20)13(8)21-12-6-5-9(14(16)17)7-10(12)15/h2-7H,1H3,(H3,16,17). The van der Waals surface area contributed by atoms with Crippen LogP contribution in [-0.4, -0.2) is 10.8 Å². The Kier molecular flexibility index (Phi) is 4.09. The van der Waals surface area contributed by atoms with Gasteiger partial charge in [0.2, 0.25) is 5.75 Å². The van der Waals surface area contributed by atoms with Crippen molar-refractivity contribution >= 4 is 23.1 Å². The van der Waals surface area contributed by atoms with Crippen molar-refractivity contribution in [1.29, 1.82) is 5.41 Å². The highest BCUT2D eigenvalue weighted by atomic mass is 35.5. The molecule has 3 N–H and O–H groups in total. The molecule has 21 heavy (non-hydrogen) atoms. The Morgan fingerprint density at radius 3 is 2.67 bits per heavy atom. The molecule has 0 heterocycles. The lowest BCUT2D eigenvalue weighted by Gasteiger charge is -2.11. The van der Waals surface area contributed by atoms with Crippen LogP contribution in [0.25, 0.3) is 0 Å². The largest absolute Gasteiger partial charge is 0.448 e. The van der Waals surface area contributed by atoms with E-state index in [1.165, 1.54) is 18.2 Å². The summed E-state index contributed by atoms with van der Waals surface area (Å²) in [5.74, 6) is 0.282. The van der Waals surface area contributed by atoms with Crippen molar-refractivity contribution in [2.75, 3.05) is 0 Å². The third-order valence-electron chi connectivity index (χ3n) is 2.84. The van der Waals surface area contributed by atoms with Crippen LogP contribution in [-0.2, 0) is 0 Å². The number of nitrogens with zero attached hydrogens (tertiary/aromatic N) is 1. The van der Waals surface area contributed by atoms with Gasteiger partial charge in [-0.25, -0.2) is 0 Å². The molecule has 6 nitrogen and oxygen atoms in total. The third kappa shape index (κ3) is 3.11. The van der Waals surface area contributed by atoms with Crippen LogP contribution in [0.4, 0.5) is 5.69 Å². The smallest absolute Gasteiger partial charge is 0.311 e. The highest BCUT2D eigenvalue weighted by Crippen LogP contribution is 2.37. The zero-order chi connectivity index (χ0) is 15.6. The van der Waals surface area contributed by atoms with Crippen LogP contribution in [0.3, 0.4) is 0 Å². The summed E-state index contributed by atoms with van der Waals surface area (Å²) in [4.78, 5) is 10.5. The Balaban J connectivity index is 2.44. The first-order valence-electron chi connectivity index (χ1n) is 5.96. The predicted molar refractivity (Wildman–Crippen MR) is 80.4 cm³/mol. The SMILES string of the molecule is Cc1cccc([N+](=O)[O-])c1Oc1ccc(C(=N)N)cc1Cl. The monoisotopic (exact) mass is 305 g/mol. The molecule has 0 saturated heterocycles. The number of ether oxygens (including phenoxy) is 1. The Morgan fingerprint density at radius 1 is 1.38 bits per heavy atom. The van der Waals surface area contributed by atoms with E-state index in [-0.39, 0.29) is 28.0 Å². The molecule has 7 heteroatoms. The highest BCUT2D eigenvalue weighted by Gasteiger charge is 2.19. The fraction of sp³-hybridized carbons (Fsp3) is 0.0714. The minimum atomic E-state index is -0.514. The maximum Gasteiger partial charge on any atom is 0.311 e. The van der Waals surface area contributed by atoms with Gasteiger partial charge in [0, 0.05) is 11.6 Å². The fourth-order valence-corrected chi connectivity index (χ4v) is 1.99. The topological polar surface area (TPSA) is 102 Å². The van der Waals surface area contributed by atoms with Gasteiger partial charge in [-0.05, 0) is 30.7 Å². The summed E-state index contributed by atoms with van der Waals surface area (Å²) >= 11 is 6.06. The van der Waals surface area contributed by atoms with Crippen molar-refractivity contribution in [3.8, 4) is 11.5 Å². The number of benzene rings is 2. The summed E-state index contributed by atoms with van der Waals surface area (Å²) in [5, 5.41) is 18.6. The summed E-state index contributed by atoms with van der Waals surface area (Å²) in [7, 11) is 0. The second-order valence-corrected chi connectivity index (χ2v) is 4.75. The molecule has 0 atom stereocenters. The van der Waals surface area contributed by atoms with E-state index in [4.69, 9.17) is 27.5 Å². The minimum absolute atomic E-state index is 0.120. The van der Waals surface area contributed by atoms with Gasteiger partial charge in [0.25, 0.3) is 0 Å². The Bertz CT molecular complexity index is 731. The maximum atomic E-state index is 11.0. The number of hydrogen-bond acceptors (Lipinski definition) is 4. The van der Waals surface area contributed by atoms with E-state index in [1.54, 1.807) is 25.1 Å². The van der Waals surface area contributed by atoms with Crippen LogP contribution < -0.4 is 10.5 Å². The quantitative estimate of drug-likeness (QED) is 0.389. The molecule has 0 saturated carbocycles. The number of hydrogen-bond donors (Lipinski definition) is 2. The molecule has 0 fully saturated rings. The molecule has 0 amide bonds. The van der Waals surface area contributed by atoms with Crippen LogP contribution in [0.1, 0.15) is 11.1 Å². The summed E-state index contributed by atoms with van der Waals surface area (Å²) < 4.78 is 5.58. The van der Waals surface area contributed by atoms with Gasteiger partial charge in [-0.1, -0.05) is 23.7 Å². The van der Waals surface area contributed by atoms with Gasteiger partial charge in [-0.2, -0.15) is 0 Å². The summed E-state index contributed by atoms with van der Waals surface area (Å²) in [5.41, 5.74) is 6.30. The van der Waals surface area contributed by atoms with Gasteiger partial charge >= 0.3 is 5.69 Å². The van der Waals surface area contributed by atoms with Gasteiger partial charge in [0.05, 0.1) is 9.95 Å². The second-order valence-electron chi connectivity index (χ2n) is 4.34. The van der Waals surface area contributed by atoms with Crippen molar-refractivity contribution in [2.45, 2.75) is 6.92 Å². The van der Waals surface area contributed by atoms with E-state index < -0.39 is 4.92 Å². The molecule has 0 aliphatic carbocycles. The van der Waals surface area contributed by atoms with Crippen molar-refractivity contribution in [2.24, 2.45) is 5.73 Å². The minimum Gasteiger partial charge on any atom is -0.448 e. The number of nitro benzene ring substituents is 1. The van der Waals surface area contributed by atoms with Crippen LogP contribution in [0.5, 0.6) is 11.5 Å². The first-order chi connectivity index (χ1) is 9.90. The van der Waals surface area contributed by atoms with E-state index in [0.717, 1.165) is 0 Å². The molecule has 0 aliphatic heterocycles. The van der Waals surface area contributed by atoms with E-state index in [2.05, 4.69) is 0 Å². The third-order valence-corrected chi connectivity index (χ3v) is 3.14. The van der Waals surface area contributed by atoms with Crippen molar-refractivity contribution < 1.29 is 9.66 Å². The lowest BCUT2D eigenvalue weighted by atomic mass is 10.2. The van der Waals surface area contributed by atoms with Crippen LogP contribution in [0, 0.1) is 22.4 Å². The molecular formula is C14H12ClN3O3. The normalized spacial score (nSPS) is 10.2. The number of nitro groups is 1. The molecular weight excluding hydrogens is 294 g/mol. The summed E-state index contributed by atoms with van der Waals surface area (Å²) in [6, 6.07) is 9.22. The van der Waals surface area contributed by atoms with Gasteiger partial charge in [0.15, 0.2) is 0 Å².